The van der Waals surface area contributed by atoms with Gasteiger partial charge in [-0.15, -0.1) is 22.7 Å². The molecule has 18 heavy (non-hydrogen) atoms. The molecule has 0 unspecified atom stereocenters. The van der Waals surface area contributed by atoms with Gasteiger partial charge >= 0.3 is 0 Å². The molecule has 0 spiro atoms. The summed E-state index contributed by atoms with van der Waals surface area (Å²) in [5, 5.41) is 2.98. The van der Waals surface area contributed by atoms with Crippen LogP contribution in [-0.4, -0.2) is 24.6 Å². The van der Waals surface area contributed by atoms with Crippen molar-refractivity contribution < 1.29 is 8.42 Å². The van der Waals surface area contributed by atoms with Crippen molar-refractivity contribution >= 4 is 37.6 Å². The van der Waals surface area contributed by atoms with Crippen LogP contribution in [0, 0.1) is 0 Å². The molecule has 2 rings (SSSR count). The van der Waals surface area contributed by atoms with E-state index in [9.17, 15) is 8.42 Å². The highest BCUT2D eigenvalue weighted by Gasteiger charge is 2.16. The second kappa shape index (κ2) is 4.94. The van der Waals surface area contributed by atoms with Gasteiger partial charge in [0.25, 0.3) is 0 Å². The molecule has 0 aliphatic rings. The fraction of sp³-hybridized carbons (Fsp3) is 0.400. The van der Waals surface area contributed by atoms with E-state index in [-0.39, 0.29) is 5.75 Å². The van der Waals surface area contributed by atoms with Gasteiger partial charge in [0.1, 0.15) is 10.8 Å². The average molecular weight is 303 g/mol. The van der Waals surface area contributed by atoms with Gasteiger partial charge < -0.3 is 5.73 Å². The normalized spacial score (nSPS) is 11.9. The number of nitrogens with zero attached hydrogens (tertiary/aromatic N) is 2. The number of hydrogen-bond acceptors (Lipinski definition) is 7. The minimum Gasteiger partial charge on any atom is -0.375 e. The Morgan fingerprint density at radius 1 is 1.39 bits per heavy atom. The van der Waals surface area contributed by atoms with Crippen LogP contribution in [-0.2, 0) is 22.0 Å². The molecule has 2 aromatic rings. The number of thiazole rings is 2. The lowest BCUT2D eigenvalue weighted by atomic mass is 10.2. The molecule has 0 aromatic carbocycles. The molecule has 0 fully saturated rings. The van der Waals surface area contributed by atoms with Crippen LogP contribution in [0.5, 0.6) is 0 Å². The molecule has 0 atom stereocenters. The predicted octanol–water partition coefficient (Wildman–Crippen LogP) is 1.96. The number of aromatic nitrogens is 2. The van der Waals surface area contributed by atoms with Crippen LogP contribution in [0.3, 0.4) is 0 Å². The number of anilines is 1. The van der Waals surface area contributed by atoms with Crippen molar-refractivity contribution in [2.24, 2.45) is 0 Å². The molecule has 0 radical (unpaired) electrons. The summed E-state index contributed by atoms with van der Waals surface area (Å²) >= 11 is 2.74. The first kappa shape index (κ1) is 13.4. The van der Waals surface area contributed by atoms with E-state index in [1.807, 2.05) is 12.3 Å². The fourth-order valence-electron chi connectivity index (χ4n) is 1.52. The SMILES string of the molecule is CCc1nc(CS(C)(=O)=O)sc1-c1csc(N)n1. The Hall–Kier alpha value is -0.990. The smallest absolute Gasteiger partial charge is 0.180 e. The summed E-state index contributed by atoms with van der Waals surface area (Å²) in [4.78, 5) is 9.50. The van der Waals surface area contributed by atoms with Gasteiger partial charge in [-0.05, 0) is 6.42 Å². The first-order valence-electron chi connectivity index (χ1n) is 5.26. The number of sulfone groups is 1. The first-order valence-corrected chi connectivity index (χ1v) is 9.02. The second-order valence-corrected chi connectivity index (χ2v) is 7.99. The number of nitrogen functional groups attached to an aromatic ring is 1. The maximum absolute atomic E-state index is 11.3. The van der Waals surface area contributed by atoms with Crippen molar-refractivity contribution in [3.05, 3.63) is 16.1 Å². The fourth-order valence-corrected chi connectivity index (χ4v) is 4.45. The maximum atomic E-state index is 11.3. The van der Waals surface area contributed by atoms with E-state index in [2.05, 4.69) is 9.97 Å². The van der Waals surface area contributed by atoms with Crippen LogP contribution < -0.4 is 5.73 Å². The van der Waals surface area contributed by atoms with E-state index in [0.717, 1.165) is 22.7 Å². The van der Waals surface area contributed by atoms with Crippen LogP contribution in [0.15, 0.2) is 5.38 Å². The van der Waals surface area contributed by atoms with E-state index in [0.29, 0.717) is 10.1 Å². The maximum Gasteiger partial charge on any atom is 0.180 e. The number of rotatable bonds is 4. The van der Waals surface area contributed by atoms with Crippen LogP contribution >= 0.6 is 22.7 Å². The molecular weight excluding hydrogens is 290 g/mol. The Labute approximate surface area is 114 Å². The number of nitrogens with two attached hydrogens (primary N) is 1. The van der Waals surface area contributed by atoms with Crippen molar-refractivity contribution in [3.8, 4) is 10.6 Å². The van der Waals surface area contributed by atoms with Crippen molar-refractivity contribution in [2.75, 3.05) is 12.0 Å². The van der Waals surface area contributed by atoms with Gasteiger partial charge in [0.05, 0.1) is 16.3 Å². The van der Waals surface area contributed by atoms with Crippen molar-refractivity contribution in [1.82, 2.24) is 9.97 Å². The summed E-state index contributed by atoms with van der Waals surface area (Å²) < 4.78 is 22.6. The Balaban J connectivity index is 2.42. The quantitative estimate of drug-likeness (QED) is 0.933. The number of hydrogen-bond donors (Lipinski definition) is 1. The third-order valence-electron chi connectivity index (χ3n) is 2.22. The molecule has 2 N–H and O–H groups in total. The van der Waals surface area contributed by atoms with Gasteiger partial charge in [0, 0.05) is 11.6 Å². The molecular formula is C10H13N3O2S3. The lowest BCUT2D eigenvalue weighted by Gasteiger charge is -1.93. The summed E-state index contributed by atoms with van der Waals surface area (Å²) in [6.45, 7) is 1.98. The van der Waals surface area contributed by atoms with E-state index in [1.54, 1.807) is 0 Å². The Morgan fingerprint density at radius 2 is 2.11 bits per heavy atom. The second-order valence-electron chi connectivity index (χ2n) is 3.88. The Morgan fingerprint density at radius 3 is 2.61 bits per heavy atom. The first-order chi connectivity index (χ1) is 8.39. The molecule has 0 amide bonds. The molecule has 2 heterocycles. The Bertz CT molecular complexity index is 658. The lowest BCUT2D eigenvalue weighted by Crippen LogP contribution is -2.00. The summed E-state index contributed by atoms with van der Waals surface area (Å²) in [5.41, 5.74) is 7.27. The average Bonchev–Trinajstić information content (AvgIpc) is 2.81. The summed E-state index contributed by atoms with van der Waals surface area (Å²) in [6, 6.07) is 0. The molecule has 5 nitrogen and oxygen atoms in total. The van der Waals surface area contributed by atoms with E-state index >= 15 is 0 Å². The minimum atomic E-state index is -3.06. The van der Waals surface area contributed by atoms with Crippen LogP contribution in [0.4, 0.5) is 5.13 Å². The molecule has 0 saturated carbocycles. The topological polar surface area (TPSA) is 85.9 Å². The van der Waals surface area contributed by atoms with Crippen LogP contribution in [0.25, 0.3) is 10.6 Å². The van der Waals surface area contributed by atoms with E-state index in [4.69, 9.17) is 5.73 Å². The minimum absolute atomic E-state index is 0.0235. The summed E-state index contributed by atoms with van der Waals surface area (Å²) in [6.07, 6.45) is 1.95. The van der Waals surface area contributed by atoms with Gasteiger partial charge in [0.2, 0.25) is 0 Å². The molecule has 0 aliphatic heterocycles. The predicted molar refractivity (Wildman–Crippen MR) is 75.6 cm³/mol. The molecule has 0 aliphatic carbocycles. The van der Waals surface area contributed by atoms with Gasteiger partial charge in [-0.1, -0.05) is 6.92 Å². The van der Waals surface area contributed by atoms with Crippen LogP contribution in [0.2, 0.25) is 0 Å². The monoisotopic (exact) mass is 303 g/mol. The van der Waals surface area contributed by atoms with Gasteiger partial charge in [-0.25, -0.2) is 18.4 Å². The van der Waals surface area contributed by atoms with Crippen molar-refractivity contribution in [1.29, 1.82) is 0 Å². The van der Waals surface area contributed by atoms with Gasteiger partial charge in [0.15, 0.2) is 15.0 Å². The molecule has 0 saturated heterocycles. The van der Waals surface area contributed by atoms with E-state index < -0.39 is 9.84 Å². The molecule has 8 heteroatoms. The van der Waals surface area contributed by atoms with Crippen molar-refractivity contribution in [2.45, 2.75) is 19.1 Å². The largest absolute Gasteiger partial charge is 0.375 e. The zero-order valence-corrected chi connectivity index (χ0v) is 12.5. The highest BCUT2D eigenvalue weighted by molar-refractivity contribution is 7.90. The lowest BCUT2D eigenvalue weighted by molar-refractivity contribution is 0.601. The highest BCUT2D eigenvalue weighted by Crippen LogP contribution is 2.32. The van der Waals surface area contributed by atoms with Crippen molar-refractivity contribution in [3.63, 3.8) is 0 Å². The zero-order valence-electron chi connectivity index (χ0n) is 10.0. The van der Waals surface area contributed by atoms with Crippen LogP contribution in [0.1, 0.15) is 17.6 Å². The number of aryl methyl sites for hydroxylation is 1. The zero-order chi connectivity index (χ0) is 13.3. The summed E-state index contributed by atoms with van der Waals surface area (Å²) in [7, 11) is -3.06. The van der Waals surface area contributed by atoms with Gasteiger partial charge in [-0.2, -0.15) is 0 Å². The standard InChI is InChI=1S/C10H13N3O2S3/c1-3-6-9(7-4-16-10(11)13-7)17-8(12-6)5-18(2,14)15/h4H,3,5H2,1-2H3,(H2,11,13). The summed E-state index contributed by atoms with van der Waals surface area (Å²) in [5.74, 6) is -0.0235. The molecule has 0 bridgehead atoms. The highest BCUT2D eigenvalue weighted by atomic mass is 32.2. The third-order valence-corrected chi connectivity index (χ3v) is 4.99. The van der Waals surface area contributed by atoms with Gasteiger partial charge in [-0.3, -0.25) is 0 Å². The van der Waals surface area contributed by atoms with E-state index in [1.165, 1.54) is 28.9 Å². The Kier molecular flexibility index (Phi) is 3.69. The molecule has 98 valence electrons. The molecule has 2 aromatic heterocycles. The third kappa shape index (κ3) is 3.06.